The minimum Gasteiger partial charge on any atom is -0.448 e. The van der Waals surface area contributed by atoms with Crippen molar-refractivity contribution < 1.29 is 14.3 Å². The number of amides is 1. The number of hydrogen-bond donors (Lipinski definition) is 1. The number of rotatable bonds is 7. The van der Waals surface area contributed by atoms with Crippen LogP contribution in [0.3, 0.4) is 0 Å². The number of nitrogens with zero attached hydrogens (tertiary/aromatic N) is 2. The van der Waals surface area contributed by atoms with E-state index in [1.165, 1.54) is 23.7 Å². The Morgan fingerprint density at radius 3 is 2.54 bits per heavy atom. The molecule has 1 unspecified atom stereocenters. The van der Waals surface area contributed by atoms with E-state index in [4.69, 9.17) is 4.74 Å². The zero-order valence-corrected chi connectivity index (χ0v) is 15.2. The van der Waals surface area contributed by atoms with Crippen molar-refractivity contribution in [1.29, 1.82) is 0 Å². The molecule has 0 bridgehead atoms. The van der Waals surface area contributed by atoms with Gasteiger partial charge in [0.15, 0.2) is 11.8 Å². The van der Waals surface area contributed by atoms with Crippen molar-refractivity contribution in [3.63, 3.8) is 0 Å². The third-order valence-electron chi connectivity index (χ3n) is 3.75. The van der Waals surface area contributed by atoms with Crippen molar-refractivity contribution in [3.05, 3.63) is 63.6 Å². The highest BCUT2D eigenvalue weighted by atomic mass is 16.5. The van der Waals surface area contributed by atoms with Gasteiger partial charge in [0.05, 0.1) is 0 Å². The van der Waals surface area contributed by atoms with Crippen molar-refractivity contribution in [2.75, 3.05) is 0 Å². The SMILES string of the molecule is CCCn1nc(C(=O)OC(C)C(=O)NCc2ccc(C)cc2)ccc1=O. The Labute approximate surface area is 152 Å². The van der Waals surface area contributed by atoms with Gasteiger partial charge in [-0.05, 0) is 31.9 Å². The lowest BCUT2D eigenvalue weighted by molar-refractivity contribution is -0.129. The fourth-order valence-corrected chi connectivity index (χ4v) is 2.24. The second-order valence-corrected chi connectivity index (χ2v) is 6.03. The fourth-order valence-electron chi connectivity index (χ4n) is 2.24. The molecule has 1 aromatic carbocycles. The number of hydrogen-bond acceptors (Lipinski definition) is 5. The quantitative estimate of drug-likeness (QED) is 0.764. The highest BCUT2D eigenvalue weighted by Gasteiger charge is 2.20. The Morgan fingerprint density at radius 2 is 1.88 bits per heavy atom. The Balaban J connectivity index is 1.93. The molecule has 7 nitrogen and oxygen atoms in total. The standard InChI is InChI=1S/C19H23N3O4/c1-4-11-22-17(23)10-9-16(21-22)19(25)26-14(3)18(24)20-12-15-7-5-13(2)6-8-15/h5-10,14H,4,11-12H2,1-3H3,(H,20,24). The van der Waals surface area contributed by atoms with E-state index in [9.17, 15) is 14.4 Å². The van der Waals surface area contributed by atoms with Gasteiger partial charge in [-0.25, -0.2) is 9.48 Å². The summed E-state index contributed by atoms with van der Waals surface area (Å²) in [6.07, 6.45) is -0.259. The van der Waals surface area contributed by atoms with Crippen LogP contribution in [-0.4, -0.2) is 27.8 Å². The summed E-state index contributed by atoms with van der Waals surface area (Å²) in [5.74, 6) is -1.14. The highest BCUT2D eigenvalue weighted by Crippen LogP contribution is 2.04. The third-order valence-corrected chi connectivity index (χ3v) is 3.75. The van der Waals surface area contributed by atoms with Gasteiger partial charge >= 0.3 is 5.97 Å². The molecule has 0 radical (unpaired) electrons. The normalized spacial score (nSPS) is 11.7. The number of nitrogens with one attached hydrogen (secondary N) is 1. The monoisotopic (exact) mass is 357 g/mol. The van der Waals surface area contributed by atoms with Crippen LogP contribution >= 0.6 is 0 Å². The summed E-state index contributed by atoms with van der Waals surface area (Å²) in [5, 5.41) is 6.70. The van der Waals surface area contributed by atoms with Gasteiger partial charge < -0.3 is 10.1 Å². The molecule has 1 N–H and O–H groups in total. The van der Waals surface area contributed by atoms with E-state index in [0.29, 0.717) is 19.5 Å². The fraction of sp³-hybridized carbons (Fsp3) is 0.368. The van der Waals surface area contributed by atoms with E-state index >= 15 is 0 Å². The predicted octanol–water partition coefficient (Wildman–Crippen LogP) is 1.82. The number of aromatic nitrogens is 2. The van der Waals surface area contributed by atoms with Crippen LogP contribution in [0.1, 0.15) is 41.9 Å². The maximum Gasteiger partial charge on any atom is 0.359 e. The number of carbonyl (C=O) groups excluding carboxylic acids is 2. The molecule has 0 aliphatic carbocycles. The van der Waals surface area contributed by atoms with Gasteiger partial charge in [0.1, 0.15) is 0 Å². The van der Waals surface area contributed by atoms with Gasteiger partial charge in [-0.3, -0.25) is 9.59 Å². The molecule has 1 heterocycles. The molecule has 2 rings (SSSR count). The van der Waals surface area contributed by atoms with E-state index in [1.54, 1.807) is 0 Å². The van der Waals surface area contributed by atoms with Crippen LogP contribution in [0.25, 0.3) is 0 Å². The molecule has 0 aliphatic heterocycles. The van der Waals surface area contributed by atoms with Crippen LogP contribution < -0.4 is 10.9 Å². The Morgan fingerprint density at radius 1 is 1.19 bits per heavy atom. The molecule has 0 aliphatic rings. The minimum atomic E-state index is -0.971. The summed E-state index contributed by atoms with van der Waals surface area (Å²) in [6, 6.07) is 10.3. The van der Waals surface area contributed by atoms with E-state index in [1.807, 2.05) is 38.1 Å². The van der Waals surface area contributed by atoms with Crippen LogP contribution in [0.2, 0.25) is 0 Å². The first-order valence-corrected chi connectivity index (χ1v) is 8.53. The van der Waals surface area contributed by atoms with Crippen LogP contribution in [0, 0.1) is 6.92 Å². The van der Waals surface area contributed by atoms with Crippen LogP contribution in [-0.2, 0) is 22.6 Å². The first-order valence-electron chi connectivity index (χ1n) is 8.53. The second kappa shape index (κ2) is 8.94. The van der Waals surface area contributed by atoms with Gasteiger partial charge in [0.2, 0.25) is 0 Å². The van der Waals surface area contributed by atoms with Crippen molar-refractivity contribution in [1.82, 2.24) is 15.1 Å². The molecule has 2 aromatic rings. The van der Waals surface area contributed by atoms with Crippen molar-refractivity contribution in [3.8, 4) is 0 Å². The van der Waals surface area contributed by atoms with Gasteiger partial charge in [-0.1, -0.05) is 36.8 Å². The van der Waals surface area contributed by atoms with E-state index < -0.39 is 18.0 Å². The van der Waals surface area contributed by atoms with E-state index in [2.05, 4.69) is 10.4 Å². The molecule has 1 atom stereocenters. The molecule has 7 heteroatoms. The van der Waals surface area contributed by atoms with Gasteiger partial charge in [-0.15, -0.1) is 0 Å². The topological polar surface area (TPSA) is 90.3 Å². The molecule has 138 valence electrons. The van der Waals surface area contributed by atoms with Crippen molar-refractivity contribution in [2.24, 2.45) is 0 Å². The summed E-state index contributed by atoms with van der Waals surface area (Å²) in [7, 11) is 0. The van der Waals surface area contributed by atoms with E-state index in [0.717, 1.165) is 11.1 Å². The van der Waals surface area contributed by atoms with Gasteiger partial charge in [0.25, 0.3) is 11.5 Å². The number of aryl methyl sites for hydroxylation is 2. The molecular formula is C19H23N3O4. The predicted molar refractivity (Wildman–Crippen MR) is 96.7 cm³/mol. The molecule has 26 heavy (non-hydrogen) atoms. The highest BCUT2D eigenvalue weighted by molar-refractivity contribution is 5.90. The molecule has 0 saturated carbocycles. The van der Waals surface area contributed by atoms with Crippen LogP contribution in [0.15, 0.2) is 41.2 Å². The molecule has 0 spiro atoms. The third kappa shape index (κ3) is 5.27. The lowest BCUT2D eigenvalue weighted by atomic mass is 10.1. The first-order chi connectivity index (χ1) is 12.4. The largest absolute Gasteiger partial charge is 0.448 e. The van der Waals surface area contributed by atoms with Gasteiger partial charge in [-0.2, -0.15) is 5.10 Å². The second-order valence-electron chi connectivity index (χ2n) is 6.03. The lowest BCUT2D eigenvalue weighted by Crippen LogP contribution is -2.36. The smallest absolute Gasteiger partial charge is 0.359 e. The lowest BCUT2D eigenvalue weighted by Gasteiger charge is -2.13. The average Bonchev–Trinajstić information content (AvgIpc) is 2.62. The summed E-state index contributed by atoms with van der Waals surface area (Å²) >= 11 is 0. The first kappa shape index (κ1) is 19.4. The van der Waals surface area contributed by atoms with Crippen molar-refractivity contribution in [2.45, 2.75) is 46.4 Å². The van der Waals surface area contributed by atoms with Crippen LogP contribution in [0.4, 0.5) is 0 Å². The molecule has 1 aromatic heterocycles. The Hall–Kier alpha value is -2.96. The Bertz CT molecular complexity index is 827. The summed E-state index contributed by atoms with van der Waals surface area (Å²) < 4.78 is 6.36. The molecule has 0 fully saturated rings. The number of esters is 1. The number of carbonyl (C=O) groups is 2. The molecular weight excluding hydrogens is 334 g/mol. The van der Waals surface area contributed by atoms with Gasteiger partial charge in [0, 0.05) is 19.2 Å². The number of benzene rings is 1. The average molecular weight is 357 g/mol. The summed E-state index contributed by atoms with van der Waals surface area (Å²) in [4.78, 5) is 35.9. The van der Waals surface area contributed by atoms with Crippen molar-refractivity contribution >= 4 is 11.9 Å². The summed E-state index contributed by atoms with van der Waals surface area (Å²) in [5.41, 5.74) is 1.80. The summed E-state index contributed by atoms with van der Waals surface area (Å²) in [6.45, 7) is 6.14. The van der Waals surface area contributed by atoms with Crippen LogP contribution in [0.5, 0.6) is 0 Å². The number of ether oxygens (including phenoxy) is 1. The zero-order valence-electron chi connectivity index (χ0n) is 15.2. The minimum absolute atomic E-state index is 0.00349. The maximum absolute atomic E-state index is 12.2. The van der Waals surface area contributed by atoms with E-state index in [-0.39, 0.29) is 11.3 Å². The Kier molecular flexibility index (Phi) is 6.66. The molecule has 1 amide bonds. The molecule has 0 saturated heterocycles. The maximum atomic E-state index is 12.2. The zero-order chi connectivity index (χ0) is 19.1.